The minimum absolute atomic E-state index is 0.0817. The fourth-order valence-electron chi connectivity index (χ4n) is 3.25. The standard InChI is InChI=1S/C20H22N2O4S/c1-14-3-6-16(7-4-14)27-18-8-5-15(11-17(18)22(25)26)12-21-10-9-20(2,13-21)19(23)24/h3-8,11H,9-10,12-13H2,1-2H3,(H,23,24). The summed E-state index contributed by atoms with van der Waals surface area (Å²) in [5.41, 5.74) is 1.30. The maximum absolute atomic E-state index is 11.5. The van der Waals surface area contributed by atoms with Crippen molar-refractivity contribution in [3.05, 3.63) is 63.7 Å². The van der Waals surface area contributed by atoms with Crippen LogP contribution in [0.3, 0.4) is 0 Å². The van der Waals surface area contributed by atoms with Crippen molar-refractivity contribution in [3.63, 3.8) is 0 Å². The molecule has 2 aromatic carbocycles. The molecule has 0 amide bonds. The molecule has 3 rings (SSSR count). The van der Waals surface area contributed by atoms with Crippen LogP contribution in [0.5, 0.6) is 0 Å². The fourth-order valence-corrected chi connectivity index (χ4v) is 4.15. The van der Waals surface area contributed by atoms with Gasteiger partial charge in [0.1, 0.15) is 0 Å². The van der Waals surface area contributed by atoms with Crippen molar-refractivity contribution < 1.29 is 14.8 Å². The van der Waals surface area contributed by atoms with Gasteiger partial charge in [0.05, 0.1) is 15.2 Å². The molecular formula is C20H22N2O4S. The Labute approximate surface area is 162 Å². The number of carbonyl (C=O) groups is 1. The molecule has 2 aromatic rings. The Balaban J connectivity index is 1.77. The maximum Gasteiger partial charge on any atom is 0.310 e. The molecule has 1 atom stereocenters. The summed E-state index contributed by atoms with van der Waals surface area (Å²) < 4.78 is 0. The molecule has 1 fully saturated rings. The molecule has 7 heteroatoms. The molecule has 0 radical (unpaired) electrons. The first-order chi connectivity index (χ1) is 12.8. The molecule has 1 aliphatic heterocycles. The minimum atomic E-state index is -0.791. The van der Waals surface area contributed by atoms with Gasteiger partial charge in [0.2, 0.25) is 0 Å². The van der Waals surface area contributed by atoms with Crippen molar-refractivity contribution in [3.8, 4) is 0 Å². The number of hydrogen-bond acceptors (Lipinski definition) is 5. The lowest BCUT2D eigenvalue weighted by Crippen LogP contribution is -2.31. The third-order valence-electron chi connectivity index (χ3n) is 4.94. The van der Waals surface area contributed by atoms with Gasteiger partial charge in [-0.15, -0.1) is 0 Å². The highest BCUT2D eigenvalue weighted by Crippen LogP contribution is 2.36. The summed E-state index contributed by atoms with van der Waals surface area (Å²) in [4.78, 5) is 26.2. The van der Waals surface area contributed by atoms with Gasteiger partial charge < -0.3 is 5.11 Å². The first kappa shape index (κ1) is 19.4. The Hall–Kier alpha value is -2.38. The van der Waals surface area contributed by atoms with Gasteiger partial charge in [-0.25, -0.2) is 0 Å². The summed E-state index contributed by atoms with van der Waals surface area (Å²) in [6, 6.07) is 13.1. The van der Waals surface area contributed by atoms with Gasteiger partial charge in [0, 0.05) is 24.1 Å². The molecule has 0 spiro atoms. The van der Waals surface area contributed by atoms with Gasteiger partial charge >= 0.3 is 5.97 Å². The lowest BCUT2D eigenvalue weighted by molar-refractivity contribution is -0.387. The molecule has 1 unspecified atom stereocenters. The quantitative estimate of drug-likeness (QED) is 0.587. The van der Waals surface area contributed by atoms with E-state index in [4.69, 9.17) is 0 Å². The normalized spacial score (nSPS) is 19.9. The Morgan fingerprint density at radius 1 is 1.30 bits per heavy atom. The zero-order valence-corrected chi connectivity index (χ0v) is 16.2. The summed E-state index contributed by atoms with van der Waals surface area (Å²) in [7, 11) is 0. The van der Waals surface area contributed by atoms with Gasteiger partial charge in [-0.1, -0.05) is 35.5 Å². The molecular weight excluding hydrogens is 364 g/mol. The number of aliphatic carboxylic acids is 1. The number of carboxylic acid groups (broad SMARTS) is 1. The zero-order valence-electron chi connectivity index (χ0n) is 15.3. The SMILES string of the molecule is Cc1ccc(Sc2ccc(CN3CCC(C)(C(=O)O)C3)cc2[N+](=O)[O-])cc1. The summed E-state index contributed by atoms with van der Waals surface area (Å²) in [5.74, 6) is -0.791. The highest BCUT2D eigenvalue weighted by molar-refractivity contribution is 7.99. The van der Waals surface area contributed by atoms with E-state index in [1.54, 1.807) is 19.1 Å². The van der Waals surface area contributed by atoms with E-state index in [9.17, 15) is 20.0 Å². The minimum Gasteiger partial charge on any atom is -0.481 e. The second-order valence-corrected chi connectivity index (χ2v) is 8.42. The van der Waals surface area contributed by atoms with Crippen LogP contribution in [0.2, 0.25) is 0 Å². The second kappa shape index (κ2) is 7.70. The summed E-state index contributed by atoms with van der Waals surface area (Å²) in [6.07, 6.45) is 0.589. The number of hydrogen-bond donors (Lipinski definition) is 1. The van der Waals surface area contributed by atoms with Crippen LogP contribution in [0.15, 0.2) is 52.3 Å². The monoisotopic (exact) mass is 386 g/mol. The van der Waals surface area contributed by atoms with Crippen molar-refractivity contribution in [2.24, 2.45) is 5.41 Å². The Kier molecular flexibility index (Phi) is 5.53. The molecule has 6 nitrogen and oxygen atoms in total. The van der Waals surface area contributed by atoms with Crippen molar-refractivity contribution in [1.82, 2.24) is 4.90 Å². The van der Waals surface area contributed by atoms with Crippen LogP contribution in [-0.4, -0.2) is 34.0 Å². The molecule has 1 heterocycles. The van der Waals surface area contributed by atoms with Gasteiger partial charge in [-0.3, -0.25) is 19.8 Å². The second-order valence-electron chi connectivity index (χ2n) is 7.30. The van der Waals surface area contributed by atoms with Crippen LogP contribution >= 0.6 is 11.8 Å². The molecule has 0 aromatic heterocycles. The summed E-state index contributed by atoms with van der Waals surface area (Å²) >= 11 is 1.37. The lowest BCUT2D eigenvalue weighted by Gasteiger charge is -2.20. The van der Waals surface area contributed by atoms with Gasteiger partial charge in [0.25, 0.3) is 5.69 Å². The van der Waals surface area contributed by atoms with Crippen LogP contribution in [0.25, 0.3) is 0 Å². The van der Waals surface area contributed by atoms with E-state index >= 15 is 0 Å². The third kappa shape index (κ3) is 4.48. The van der Waals surface area contributed by atoms with Gasteiger partial charge in [-0.2, -0.15) is 0 Å². The van der Waals surface area contributed by atoms with Gasteiger partial charge in [-0.05, 0) is 50.6 Å². The predicted octanol–water partition coefficient (Wildman–Crippen LogP) is 4.35. The first-order valence-electron chi connectivity index (χ1n) is 8.74. The highest BCUT2D eigenvalue weighted by Gasteiger charge is 2.40. The van der Waals surface area contributed by atoms with Gasteiger partial charge in [0.15, 0.2) is 0 Å². The van der Waals surface area contributed by atoms with E-state index in [2.05, 4.69) is 0 Å². The molecule has 1 N–H and O–H groups in total. The van der Waals surface area contributed by atoms with E-state index < -0.39 is 11.4 Å². The van der Waals surface area contributed by atoms with Crippen molar-refractivity contribution in [1.29, 1.82) is 0 Å². The lowest BCUT2D eigenvalue weighted by atomic mass is 9.90. The molecule has 1 aliphatic rings. The molecule has 0 saturated carbocycles. The van der Waals surface area contributed by atoms with Crippen molar-refractivity contribution >= 4 is 23.4 Å². The van der Waals surface area contributed by atoms with Crippen LogP contribution < -0.4 is 0 Å². The Bertz CT molecular complexity index is 869. The van der Waals surface area contributed by atoms with Crippen molar-refractivity contribution in [2.45, 2.75) is 36.6 Å². The molecule has 0 aliphatic carbocycles. The zero-order chi connectivity index (χ0) is 19.6. The topological polar surface area (TPSA) is 83.7 Å². The molecule has 27 heavy (non-hydrogen) atoms. The number of nitro groups is 1. The molecule has 1 saturated heterocycles. The number of likely N-dealkylation sites (tertiary alicyclic amines) is 1. The highest BCUT2D eigenvalue weighted by atomic mass is 32.2. The van der Waals surface area contributed by atoms with E-state index in [0.29, 0.717) is 31.0 Å². The Morgan fingerprint density at radius 3 is 2.59 bits per heavy atom. The number of aryl methyl sites for hydroxylation is 1. The smallest absolute Gasteiger partial charge is 0.310 e. The molecule has 0 bridgehead atoms. The van der Waals surface area contributed by atoms with Crippen LogP contribution in [0.4, 0.5) is 5.69 Å². The average Bonchev–Trinajstić information content (AvgIpc) is 3.00. The summed E-state index contributed by atoms with van der Waals surface area (Å²) in [5, 5.41) is 20.9. The van der Waals surface area contributed by atoms with Crippen molar-refractivity contribution in [2.75, 3.05) is 13.1 Å². The first-order valence-corrected chi connectivity index (χ1v) is 9.56. The number of nitrogens with zero attached hydrogens (tertiary/aromatic N) is 2. The van der Waals surface area contributed by atoms with Crippen LogP contribution in [0, 0.1) is 22.5 Å². The van der Waals surface area contributed by atoms with E-state index in [-0.39, 0.29) is 10.6 Å². The number of rotatable bonds is 6. The van der Waals surface area contributed by atoms with Crippen LogP contribution in [-0.2, 0) is 11.3 Å². The van der Waals surface area contributed by atoms with E-state index in [1.807, 2.05) is 42.2 Å². The van der Waals surface area contributed by atoms with E-state index in [1.165, 1.54) is 11.8 Å². The average molecular weight is 386 g/mol. The summed E-state index contributed by atoms with van der Waals surface area (Å²) in [6.45, 7) is 5.39. The third-order valence-corrected chi connectivity index (χ3v) is 6.02. The number of nitro benzene ring substituents is 1. The maximum atomic E-state index is 11.5. The van der Waals surface area contributed by atoms with E-state index in [0.717, 1.165) is 16.0 Å². The number of carboxylic acids is 1. The Morgan fingerprint density at radius 2 is 2.00 bits per heavy atom. The fraction of sp³-hybridized carbons (Fsp3) is 0.350. The molecule has 142 valence electrons. The largest absolute Gasteiger partial charge is 0.481 e. The number of benzene rings is 2. The van der Waals surface area contributed by atoms with Crippen LogP contribution in [0.1, 0.15) is 24.5 Å². The predicted molar refractivity (Wildman–Crippen MR) is 104 cm³/mol.